The first kappa shape index (κ1) is 14.1. The molecule has 0 atom stereocenters. The van der Waals surface area contributed by atoms with Gasteiger partial charge in [0, 0.05) is 24.7 Å². The topological polar surface area (TPSA) is 41.1 Å². The van der Waals surface area contributed by atoms with Crippen molar-refractivity contribution in [3.05, 3.63) is 29.8 Å². The van der Waals surface area contributed by atoms with Crippen molar-refractivity contribution in [2.24, 2.45) is 5.41 Å². The lowest BCUT2D eigenvalue weighted by molar-refractivity contribution is -0.117. The van der Waals surface area contributed by atoms with Crippen molar-refractivity contribution >= 4 is 11.6 Å². The minimum atomic E-state index is 0.0230. The SMILES string of the molecule is CC(C)(C)CC(=O)Nc1cccc(CNC2CC2)c1. The van der Waals surface area contributed by atoms with Crippen LogP contribution in [0.25, 0.3) is 0 Å². The predicted molar refractivity (Wildman–Crippen MR) is 79.0 cm³/mol. The van der Waals surface area contributed by atoms with Crippen LogP contribution in [0.4, 0.5) is 5.69 Å². The Hall–Kier alpha value is -1.35. The number of benzene rings is 1. The van der Waals surface area contributed by atoms with Gasteiger partial charge in [0.2, 0.25) is 5.91 Å². The molecule has 0 aromatic heterocycles. The van der Waals surface area contributed by atoms with E-state index in [9.17, 15) is 4.79 Å². The monoisotopic (exact) mass is 260 g/mol. The van der Waals surface area contributed by atoms with Crippen molar-refractivity contribution in [1.82, 2.24) is 5.32 Å². The number of hydrogen-bond donors (Lipinski definition) is 2. The van der Waals surface area contributed by atoms with Gasteiger partial charge in [-0.15, -0.1) is 0 Å². The summed E-state index contributed by atoms with van der Waals surface area (Å²) >= 11 is 0. The summed E-state index contributed by atoms with van der Waals surface area (Å²) < 4.78 is 0. The fraction of sp³-hybridized carbons (Fsp3) is 0.562. The maximum atomic E-state index is 11.9. The Labute approximate surface area is 115 Å². The summed E-state index contributed by atoms with van der Waals surface area (Å²) in [6.07, 6.45) is 3.13. The molecule has 104 valence electrons. The molecule has 1 aliphatic carbocycles. The van der Waals surface area contributed by atoms with E-state index in [1.54, 1.807) is 0 Å². The number of hydrogen-bond acceptors (Lipinski definition) is 2. The van der Waals surface area contributed by atoms with Gasteiger partial charge in [0.05, 0.1) is 0 Å². The number of rotatable bonds is 5. The summed E-state index contributed by atoms with van der Waals surface area (Å²) in [5.41, 5.74) is 2.14. The van der Waals surface area contributed by atoms with E-state index in [2.05, 4.69) is 43.5 Å². The Balaban J connectivity index is 1.88. The molecule has 19 heavy (non-hydrogen) atoms. The molecule has 1 fully saturated rings. The number of anilines is 1. The van der Waals surface area contributed by atoms with Gasteiger partial charge in [-0.3, -0.25) is 4.79 Å². The van der Waals surface area contributed by atoms with Gasteiger partial charge in [-0.25, -0.2) is 0 Å². The van der Waals surface area contributed by atoms with Crippen LogP contribution in [0.1, 0.15) is 45.6 Å². The second kappa shape index (κ2) is 5.74. The van der Waals surface area contributed by atoms with E-state index in [4.69, 9.17) is 0 Å². The fourth-order valence-electron chi connectivity index (χ4n) is 2.00. The van der Waals surface area contributed by atoms with E-state index in [0.717, 1.165) is 12.2 Å². The Morgan fingerprint density at radius 3 is 2.68 bits per heavy atom. The van der Waals surface area contributed by atoms with Crippen LogP contribution in [0.3, 0.4) is 0 Å². The molecule has 0 spiro atoms. The van der Waals surface area contributed by atoms with E-state index >= 15 is 0 Å². The molecule has 0 unspecified atom stereocenters. The first-order valence-electron chi connectivity index (χ1n) is 7.04. The standard InChI is InChI=1S/C16H24N2O/c1-16(2,3)10-15(19)18-14-6-4-5-12(9-14)11-17-13-7-8-13/h4-6,9,13,17H,7-8,10-11H2,1-3H3,(H,18,19). The highest BCUT2D eigenvalue weighted by Gasteiger charge is 2.20. The smallest absolute Gasteiger partial charge is 0.224 e. The van der Waals surface area contributed by atoms with Crippen LogP contribution in [-0.4, -0.2) is 11.9 Å². The van der Waals surface area contributed by atoms with E-state index in [-0.39, 0.29) is 11.3 Å². The first-order valence-corrected chi connectivity index (χ1v) is 7.04. The second-order valence-corrected chi connectivity index (χ2v) is 6.64. The number of carbonyl (C=O) groups excluding carboxylic acids is 1. The van der Waals surface area contributed by atoms with E-state index in [1.165, 1.54) is 18.4 Å². The van der Waals surface area contributed by atoms with Gasteiger partial charge in [0.25, 0.3) is 0 Å². The zero-order valence-corrected chi connectivity index (χ0v) is 12.1. The maximum absolute atomic E-state index is 11.9. The molecule has 1 aromatic rings. The molecule has 3 nitrogen and oxygen atoms in total. The highest BCUT2D eigenvalue weighted by molar-refractivity contribution is 5.91. The lowest BCUT2D eigenvalue weighted by Crippen LogP contribution is -2.20. The summed E-state index contributed by atoms with van der Waals surface area (Å²) in [7, 11) is 0. The van der Waals surface area contributed by atoms with E-state index in [1.807, 2.05) is 12.1 Å². The van der Waals surface area contributed by atoms with Crippen LogP contribution in [0.15, 0.2) is 24.3 Å². The van der Waals surface area contributed by atoms with Crippen LogP contribution in [0, 0.1) is 5.41 Å². The van der Waals surface area contributed by atoms with Crippen molar-refractivity contribution in [3.63, 3.8) is 0 Å². The van der Waals surface area contributed by atoms with Gasteiger partial charge in [-0.1, -0.05) is 32.9 Å². The van der Waals surface area contributed by atoms with Crippen molar-refractivity contribution in [2.75, 3.05) is 5.32 Å². The fourth-order valence-corrected chi connectivity index (χ4v) is 2.00. The molecular formula is C16H24N2O. The lowest BCUT2D eigenvalue weighted by atomic mass is 9.92. The zero-order valence-electron chi connectivity index (χ0n) is 12.1. The summed E-state index contributed by atoms with van der Waals surface area (Å²) in [4.78, 5) is 11.9. The van der Waals surface area contributed by atoms with Crippen LogP contribution >= 0.6 is 0 Å². The van der Waals surface area contributed by atoms with Gasteiger partial charge in [-0.2, -0.15) is 0 Å². The molecular weight excluding hydrogens is 236 g/mol. The maximum Gasteiger partial charge on any atom is 0.224 e. The molecule has 0 saturated heterocycles. The van der Waals surface area contributed by atoms with Gasteiger partial charge >= 0.3 is 0 Å². The van der Waals surface area contributed by atoms with Crippen LogP contribution in [-0.2, 0) is 11.3 Å². The Morgan fingerprint density at radius 1 is 1.32 bits per heavy atom. The summed E-state index contributed by atoms with van der Waals surface area (Å²) in [6.45, 7) is 7.10. The molecule has 0 radical (unpaired) electrons. The minimum Gasteiger partial charge on any atom is -0.326 e. The summed E-state index contributed by atoms with van der Waals surface area (Å²) in [5, 5.41) is 6.45. The quantitative estimate of drug-likeness (QED) is 0.852. The molecule has 0 heterocycles. The van der Waals surface area contributed by atoms with Crippen LogP contribution < -0.4 is 10.6 Å². The predicted octanol–water partition coefficient (Wildman–Crippen LogP) is 3.31. The first-order chi connectivity index (χ1) is 8.92. The van der Waals surface area contributed by atoms with Gasteiger partial charge < -0.3 is 10.6 Å². The average Bonchev–Trinajstić information content (AvgIpc) is 3.07. The van der Waals surface area contributed by atoms with E-state index < -0.39 is 0 Å². The number of amides is 1. The molecule has 1 aliphatic rings. The zero-order chi connectivity index (χ0) is 13.9. The number of carbonyl (C=O) groups is 1. The number of nitrogens with one attached hydrogen (secondary N) is 2. The normalized spacial score (nSPS) is 15.3. The molecule has 2 N–H and O–H groups in total. The van der Waals surface area contributed by atoms with E-state index in [0.29, 0.717) is 12.5 Å². The van der Waals surface area contributed by atoms with Crippen molar-refractivity contribution in [2.45, 2.75) is 52.6 Å². The molecule has 1 amide bonds. The third kappa shape index (κ3) is 5.43. The molecule has 0 aliphatic heterocycles. The Morgan fingerprint density at radius 2 is 2.05 bits per heavy atom. The molecule has 0 bridgehead atoms. The van der Waals surface area contributed by atoms with Crippen LogP contribution in [0.5, 0.6) is 0 Å². The Kier molecular flexibility index (Phi) is 4.25. The largest absolute Gasteiger partial charge is 0.326 e. The van der Waals surface area contributed by atoms with Crippen LogP contribution in [0.2, 0.25) is 0 Å². The van der Waals surface area contributed by atoms with Crippen molar-refractivity contribution in [3.8, 4) is 0 Å². The lowest BCUT2D eigenvalue weighted by Gasteiger charge is -2.17. The minimum absolute atomic E-state index is 0.0230. The molecule has 2 rings (SSSR count). The molecule has 3 heteroatoms. The third-order valence-corrected chi connectivity index (χ3v) is 3.07. The van der Waals surface area contributed by atoms with Crippen molar-refractivity contribution < 1.29 is 4.79 Å². The highest BCUT2D eigenvalue weighted by Crippen LogP contribution is 2.21. The molecule has 1 aromatic carbocycles. The average molecular weight is 260 g/mol. The van der Waals surface area contributed by atoms with Gasteiger partial charge in [0.1, 0.15) is 0 Å². The van der Waals surface area contributed by atoms with Gasteiger partial charge in [-0.05, 0) is 36.0 Å². The molecule has 1 saturated carbocycles. The van der Waals surface area contributed by atoms with Crippen molar-refractivity contribution in [1.29, 1.82) is 0 Å². The summed E-state index contributed by atoms with van der Waals surface area (Å²) in [5.74, 6) is 0.0832. The Bertz CT molecular complexity index is 444. The summed E-state index contributed by atoms with van der Waals surface area (Å²) in [6, 6.07) is 8.79. The second-order valence-electron chi connectivity index (χ2n) is 6.64. The highest BCUT2D eigenvalue weighted by atomic mass is 16.1. The van der Waals surface area contributed by atoms with Gasteiger partial charge in [0.15, 0.2) is 0 Å². The third-order valence-electron chi connectivity index (χ3n) is 3.07.